The van der Waals surface area contributed by atoms with Gasteiger partial charge in [-0.15, -0.1) is 0 Å². The van der Waals surface area contributed by atoms with Crippen LogP contribution in [0.2, 0.25) is 0 Å². The lowest BCUT2D eigenvalue weighted by atomic mass is 10.1. The lowest BCUT2D eigenvalue weighted by Gasteiger charge is -2.10. The van der Waals surface area contributed by atoms with Crippen LogP contribution in [0.15, 0.2) is 46.9 Å². The fourth-order valence-electron chi connectivity index (χ4n) is 1.73. The van der Waals surface area contributed by atoms with Crippen LogP contribution in [0.4, 0.5) is 5.69 Å². The summed E-state index contributed by atoms with van der Waals surface area (Å²) in [5, 5.41) is 3.44. The van der Waals surface area contributed by atoms with Crippen molar-refractivity contribution in [1.82, 2.24) is 0 Å². The minimum atomic E-state index is 0.807. The molecule has 0 heterocycles. The van der Waals surface area contributed by atoms with Gasteiger partial charge in [-0.3, -0.25) is 0 Å². The Morgan fingerprint density at radius 1 is 1.11 bits per heavy atom. The molecule has 0 atom stereocenters. The average Bonchev–Trinajstić information content (AvgIpc) is 2.40. The van der Waals surface area contributed by atoms with E-state index in [4.69, 9.17) is 4.74 Å². The monoisotopic (exact) mass is 305 g/mol. The third kappa shape index (κ3) is 3.26. The third-order valence-electron chi connectivity index (χ3n) is 2.84. The zero-order chi connectivity index (χ0) is 13.0. The summed E-state index contributed by atoms with van der Waals surface area (Å²) in [6.45, 7) is 2.91. The SMILES string of the molecule is COc1ccc(CNc2cc(Br)ccc2C)cc1. The van der Waals surface area contributed by atoms with Gasteiger partial charge in [-0.05, 0) is 42.3 Å². The first-order valence-corrected chi connectivity index (χ1v) is 6.61. The van der Waals surface area contributed by atoms with Crippen LogP contribution in [0, 0.1) is 6.92 Å². The summed E-state index contributed by atoms with van der Waals surface area (Å²) in [5.74, 6) is 0.886. The van der Waals surface area contributed by atoms with Crippen molar-refractivity contribution in [3.63, 3.8) is 0 Å². The number of nitrogens with one attached hydrogen (secondary N) is 1. The number of methoxy groups -OCH3 is 1. The smallest absolute Gasteiger partial charge is 0.118 e. The van der Waals surface area contributed by atoms with Crippen molar-refractivity contribution in [2.45, 2.75) is 13.5 Å². The van der Waals surface area contributed by atoms with Gasteiger partial charge in [0.05, 0.1) is 7.11 Å². The molecule has 0 radical (unpaired) electrons. The number of anilines is 1. The third-order valence-corrected chi connectivity index (χ3v) is 3.33. The highest BCUT2D eigenvalue weighted by Crippen LogP contribution is 2.21. The first-order valence-electron chi connectivity index (χ1n) is 5.82. The van der Waals surface area contributed by atoms with E-state index in [0.29, 0.717) is 0 Å². The first kappa shape index (κ1) is 13.0. The van der Waals surface area contributed by atoms with Gasteiger partial charge in [-0.2, -0.15) is 0 Å². The first-order chi connectivity index (χ1) is 8.69. The predicted molar refractivity (Wildman–Crippen MR) is 79.2 cm³/mol. The molecule has 0 fully saturated rings. The summed E-state index contributed by atoms with van der Waals surface area (Å²) in [5.41, 5.74) is 3.63. The second-order valence-electron chi connectivity index (χ2n) is 4.16. The van der Waals surface area contributed by atoms with E-state index in [1.807, 2.05) is 18.2 Å². The molecule has 0 saturated carbocycles. The van der Waals surface area contributed by atoms with Crippen molar-refractivity contribution >= 4 is 21.6 Å². The number of halogens is 1. The standard InChI is InChI=1S/C15H16BrNO/c1-11-3-6-13(16)9-15(11)17-10-12-4-7-14(18-2)8-5-12/h3-9,17H,10H2,1-2H3. The number of hydrogen-bond acceptors (Lipinski definition) is 2. The molecule has 0 bridgehead atoms. The van der Waals surface area contributed by atoms with Crippen molar-refractivity contribution in [2.75, 3.05) is 12.4 Å². The molecule has 0 aliphatic carbocycles. The van der Waals surface area contributed by atoms with Crippen molar-refractivity contribution in [1.29, 1.82) is 0 Å². The van der Waals surface area contributed by atoms with Gasteiger partial charge in [0.2, 0.25) is 0 Å². The van der Waals surface area contributed by atoms with E-state index in [1.54, 1.807) is 7.11 Å². The molecule has 18 heavy (non-hydrogen) atoms. The molecule has 0 spiro atoms. The van der Waals surface area contributed by atoms with Crippen LogP contribution >= 0.6 is 15.9 Å². The quantitative estimate of drug-likeness (QED) is 0.905. The molecule has 2 rings (SSSR count). The largest absolute Gasteiger partial charge is 0.497 e. The van der Waals surface area contributed by atoms with Gasteiger partial charge in [0.1, 0.15) is 5.75 Å². The highest BCUT2D eigenvalue weighted by atomic mass is 79.9. The van der Waals surface area contributed by atoms with Crippen molar-refractivity contribution < 1.29 is 4.74 Å². The van der Waals surface area contributed by atoms with E-state index >= 15 is 0 Å². The second-order valence-corrected chi connectivity index (χ2v) is 5.08. The molecule has 0 aliphatic heterocycles. The van der Waals surface area contributed by atoms with E-state index in [1.165, 1.54) is 11.1 Å². The van der Waals surface area contributed by atoms with Gasteiger partial charge in [0.15, 0.2) is 0 Å². The summed E-state index contributed by atoms with van der Waals surface area (Å²) in [4.78, 5) is 0. The van der Waals surface area contributed by atoms with Gasteiger partial charge in [0, 0.05) is 16.7 Å². The fraction of sp³-hybridized carbons (Fsp3) is 0.200. The van der Waals surface area contributed by atoms with E-state index in [0.717, 1.165) is 22.5 Å². The molecule has 0 unspecified atom stereocenters. The summed E-state index contributed by atoms with van der Waals surface area (Å²) >= 11 is 3.48. The fourth-order valence-corrected chi connectivity index (χ4v) is 2.09. The zero-order valence-corrected chi connectivity index (χ0v) is 12.1. The van der Waals surface area contributed by atoms with Gasteiger partial charge >= 0.3 is 0 Å². The minimum absolute atomic E-state index is 0.807. The zero-order valence-electron chi connectivity index (χ0n) is 10.5. The van der Waals surface area contributed by atoms with Crippen LogP contribution in [0.25, 0.3) is 0 Å². The Morgan fingerprint density at radius 2 is 1.83 bits per heavy atom. The van der Waals surface area contributed by atoms with Gasteiger partial charge in [-0.1, -0.05) is 34.1 Å². The van der Waals surface area contributed by atoms with Crippen LogP contribution in [0.3, 0.4) is 0 Å². The maximum absolute atomic E-state index is 5.14. The number of aryl methyl sites for hydroxylation is 1. The average molecular weight is 306 g/mol. The molecule has 2 nitrogen and oxygen atoms in total. The molecular weight excluding hydrogens is 290 g/mol. The number of hydrogen-bond donors (Lipinski definition) is 1. The topological polar surface area (TPSA) is 21.3 Å². The Balaban J connectivity index is 2.04. The summed E-state index contributed by atoms with van der Waals surface area (Å²) in [6.07, 6.45) is 0. The van der Waals surface area contributed by atoms with E-state index in [9.17, 15) is 0 Å². The predicted octanol–water partition coefficient (Wildman–Crippen LogP) is 4.38. The Bertz CT molecular complexity index is 523. The van der Waals surface area contributed by atoms with Crippen molar-refractivity contribution in [3.05, 3.63) is 58.1 Å². The minimum Gasteiger partial charge on any atom is -0.497 e. The maximum Gasteiger partial charge on any atom is 0.118 e. The number of rotatable bonds is 4. The van der Waals surface area contributed by atoms with Gasteiger partial charge in [0.25, 0.3) is 0 Å². The molecule has 0 aromatic heterocycles. The molecule has 1 N–H and O–H groups in total. The summed E-state index contributed by atoms with van der Waals surface area (Å²) in [6, 6.07) is 14.3. The Hall–Kier alpha value is -1.48. The summed E-state index contributed by atoms with van der Waals surface area (Å²) < 4.78 is 6.23. The molecule has 0 saturated heterocycles. The summed E-state index contributed by atoms with van der Waals surface area (Å²) in [7, 11) is 1.68. The molecule has 0 aliphatic rings. The molecule has 94 valence electrons. The lowest BCUT2D eigenvalue weighted by Crippen LogP contribution is -2.00. The van der Waals surface area contributed by atoms with E-state index in [2.05, 4.69) is 52.4 Å². The van der Waals surface area contributed by atoms with E-state index in [-0.39, 0.29) is 0 Å². The van der Waals surface area contributed by atoms with Crippen LogP contribution in [-0.4, -0.2) is 7.11 Å². The van der Waals surface area contributed by atoms with Gasteiger partial charge in [-0.25, -0.2) is 0 Å². The lowest BCUT2D eigenvalue weighted by molar-refractivity contribution is 0.414. The number of ether oxygens (including phenoxy) is 1. The molecule has 0 amide bonds. The Kier molecular flexibility index (Phi) is 4.26. The normalized spacial score (nSPS) is 10.2. The number of benzene rings is 2. The highest BCUT2D eigenvalue weighted by Gasteiger charge is 1.99. The molecule has 3 heteroatoms. The molecule has 2 aromatic carbocycles. The second kappa shape index (κ2) is 5.91. The van der Waals surface area contributed by atoms with Crippen molar-refractivity contribution in [2.24, 2.45) is 0 Å². The van der Waals surface area contributed by atoms with Crippen LogP contribution in [-0.2, 0) is 6.54 Å². The van der Waals surface area contributed by atoms with Crippen molar-refractivity contribution in [3.8, 4) is 5.75 Å². The molecular formula is C15H16BrNO. The maximum atomic E-state index is 5.14. The van der Waals surface area contributed by atoms with Crippen LogP contribution in [0.1, 0.15) is 11.1 Å². The van der Waals surface area contributed by atoms with Crippen LogP contribution < -0.4 is 10.1 Å². The van der Waals surface area contributed by atoms with Gasteiger partial charge < -0.3 is 10.1 Å². The van der Waals surface area contributed by atoms with E-state index < -0.39 is 0 Å². The van der Waals surface area contributed by atoms with Crippen LogP contribution in [0.5, 0.6) is 5.75 Å². The molecule has 2 aromatic rings. The highest BCUT2D eigenvalue weighted by molar-refractivity contribution is 9.10. The Labute approximate surface area is 116 Å². The Morgan fingerprint density at radius 3 is 2.50 bits per heavy atom.